The first kappa shape index (κ1) is 15.2. The molecule has 0 unspecified atom stereocenters. The summed E-state index contributed by atoms with van der Waals surface area (Å²) in [5.74, 6) is -0.0159. The van der Waals surface area contributed by atoms with Gasteiger partial charge in [-0.25, -0.2) is 0 Å². The minimum atomic E-state index is -0.147. The lowest BCUT2D eigenvalue weighted by atomic mass is 9.88. The topological polar surface area (TPSA) is 22.0 Å². The predicted octanol–water partition coefficient (Wildman–Crippen LogP) is 5.34. The molecule has 3 rings (SSSR count). The summed E-state index contributed by atoms with van der Waals surface area (Å²) in [5, 5.41) is 1.18. The summed E-state index contributed by atoms with van der Waals surface area (Å²) in [6, 6.07) is 9.18. The van der Waals surface area contributed by atoms with Gasteiger partial charge in [0.15, 0.2) is 0 Å². The first-order valence-electron chi connectivity index (χ1n) is 7.09. The van der Waals surface area contributed by atoms with Gasteiger partial charge in [-0.2, -0.15) is 0 Å². The summed E-state index contributed by atoms with van der Waals surface area (Å²) in [4.78, 5) is 12.8. The Morgan fingerprint density at radius 2 is 1.77 bits per heavy atom. The molecule has 1 saturated carbocycles. The zero-order valence-electron chi connectivity index (χ0n) is 11.9. The number of carbonyl (C=O) groups excluding carboxylic acids is 1. The predicted molar refractivity (Wildman–Crippen MR) is 89.6 cm³/mol. The molecule has 0 radical (unpaired) electrons. The fourth-order valence-electron chi connectivity index (χ4n) is 3.11. The van der Waals surface area contributed by atoms with Gasteiger partial charge in [0, 0.05) is 28.4 Å². The molecule has 0 bridgehead atoms. The molecule has 0 aliphatic heterocycles. The summed E-state index contributed by atoms with van der Waals surface area (Å²) in [6.45, 7) is 3.73. The van der Waals surface area contributed by atoms with Crippen LogP contribution in [-0.2, 0) is 0 Å². The Morgan fingerprint density at radius 3 is 2.36 bits per heavy atom. The van der Waals surface area contributed by atoms with Crippen LogP contribution in [0.3, 0.4) is 0 Å². The van der Waals surface area contributed by atoms with Gasteiger partial charge in [-0.15, -0.1) is 5.73 Å². The zero-order chi connectivity index (χ0) is 15.7. The van der Waals surface area contributed by atoms with Gasteiger partial charge in [-0.3, -0.25) is 9.36 Å². The van der Waals surface area contributed by atoms with E-state index in [9.17, 15) is 4.79 Å². The second-order valence-electron chi connectivity index (χ2n) is 5.53. The lowest BCUT2D eigenvalue weighted by Crippen LogP contribution is -2.23. The molecule has 0 saturated heterocycles. The average molecular weight is 332 g/mol. The second kappa shape index (κ2) is 6.18. The van der Waals surface area contributed by atoms with E-state index in [2.05, 4.69) is 12.3 Å². The summed E-state index contributed by atoms with van der Waals surface area (Å²) in [6.07, 6.45) is 4.99. The van der Waals surface area contributed by atoms with Crippen molar-refractivity contribution in [2.24, 2.45) is 5.92 Å². The van der Waals surface area contributed by atoms with Gasteiger partial charge >= 0.3 is 0 Å². The van der Waals surface area contributed by atoms with Crippen LogP contribution in [0.5, 0.6) is 0 Å². The van der Waals surface area contributed by atoms with Gasteiger partial charge in [-0.1, -0.05) is 29.8 Å². The standard InChI is InChI=1S/C18H15Cl2NO/c1-2-12-7-16(13-9-14(19)11-15(20)10-13)17(8-12)18(22)21-5-3-4-6-21/h3-6,9-11,16-17H,1,7-8H2/t16-,17+/m1/s1. The van der Waals surface area contributed by atoms with Crippen molar-refractivity contribution < 1.29 is 4.79 Å². The molecule has 0 amide bonds. The highest BCUT2D eigenvalue weighted by Gasteiger charge is 2.37. The third kappa shape index (κ3) is 2.91. The molecule has 22 heavy (non-hydrogen) atoms. The summed E-state index contributed by atoms with van der Waals surface area (Å²) < 4.78 is 1.63. The van der Waals surface area contributed by atoms with E-state index in [1.54, 1.807) is 23.0 Å². The van der Waals surface area contributed by atoms with Gasteiger partial charge in [0.05, 0.1) is 5.92 Å². The Morgan fingerprint density at radius 1 is 1.14 bits per heavy atom. The normalized spacial score (nSPS) is 20.9. The molecule has 1 aliphatic carbocycles. The Balaban J connectivity index is 1.99. The lowest BCUT2D eigenvalue weighted by Gasteiger charge is -2.19. The smallest absolute Gasteiger partial charge is 0.234 e. The van der Waals surface area contributed by atoms with Crippen LogP contribution in [0.2, 0.25) is 10.0 Å². The first-order valence-corrected chi connectivity index (χ1v) is 7.85. The van der Waals surface area contributed by atoms with Crippen LogP contribution in [0.25, 0.3) is 0 Å². The van der Waals surface area contributed by atoms with Gasteiger partial charge in [0.2, 0.25) is 5.91 Å². The Hall–Kier alpha value is -1.73. The van der Waals surface area contributed by atoms with Crippen LogP contribution in [0.1, 0.15) is 29.1 Å². The van der Waals surface area contributed by atoms with E-state index in [0.717, 1.165) is 17.6 Å². The van der Waals surface area contributed by atoms with Gasteiger partial charge in [0.25, 0.3) is 0 Å². The van der Waals surface area contributed by atoms with Crippen molar-refractivity contribution in [2.75, 3.05) is 0 Å². The van der Waals surface area contributed by atoms with E-state index >= 15 is 0 Å². The van der Waals surface area contributed by atoms with Crippen molar-refractivity contribution >= 4 is 29.1 Å². The Kier molecular flexibility index (Phi) is 4.26. The van der Waals surface area contributed by atoms with E-state index in [0.29, 0.717) is 16.5 Å². The minimum absolute atomic E-state index is 0.0512. The summed E-state index contributed by atoms with van der Waals surface area (Å²) >= 11 is 12.2. The maximum absolute atomic E-state index is 12.8. The third-order valence-corrected chi connectivity index (χ3v) is 4.59. The Bertz CT molecular complexity index is 737. The number of allylic oxidation sites excluding steroid dienone is 1. The van der Waals surface area contributed by atoms with Crippen LogP contribution in [0.4, 0.5) is 0 Å². The highest BCUT2D eigenvalue weighted by atomic mass is 35.5. The zero-order valence-corrected chi connectivity index (χ0v) is 13.4. The molecule has 1 aromatic carbocycles. The van der Waals surface area contributed by atoms with Crippen LogP contribution in [0.15, 0.2) is 60.6 Å². The number of rotatable bonds is 2. The van der Waals surface area contributed by atoms with Crippen LogP contribution in [0, 0.1) is 5.92 Å². The van der Waals surface area contributed by atoms with E-state index in [1.165, 1.54) is 0 Å². The van der Waals surface area contributed by atoms with E-state index in [1.807, 2.05) is 24.3 Å². The van der Waals surface area contributed by atoms with Crippen LogP contribution in [-0.4, -0.2) is 10.5 Å². The van der Waals surface area contributed by atoms with Crippen LogP contribution < -0.4 is 0 Å². The number of benzene rings is 1. The van der Waals surface area contributed by atoms with Crippen molar-refractivity contribution in [3.63, 3.8) is 0 Å². The van der Waals surface area contributed by atoms with Crippen molar-refractivity contribution in [2.45, 2.75) is 18.8 Å². The molecule has 1 aliphatic rings. The largest absolute Gasteiger partial charge is 0.294 e. The number of halogens is 2. The summed E-state index contributed by atoms with van der Waals surface area (Å²) in [7, 11) is 0. The van der Waals surface area contributed by atoms with Gasteiger partial charge in [0.1, 0.15) is 0 Å². The van der Waals surface area contributed by atoms with Crippen molar-refractivity contribution in [1.29, 1.82) is 0 Å². The molecule has 1 heterocycles. The maximum Gasteiger partial charge on any atom is 0.234 e. The third-order valence-electron chi connectivity index (χ3n) is 4.16. The molecule has 2 atom stereocenters. The van der Waals surface area contributed by atoms with E-state index in [-0.39, 0.29) is 17.7 Å². The monoisotopic (exact) mass is 331 g/mol. The number of hydrogen-bond donors (Lipinski definition) is 0. The van der Waals surface area contributed by atoms with Crippen LogP contribution >= 0.6 is 23.2 Å². The van der Waals surface area contributed by atoms with Gasteiger partial charge < -0.3 is 0 Å². The highest BCUT2D eigenvalue weighted by molar-refractivity contribution is 6.34. The highest BCUT2D eigenvalue weighted by Crippen LogP contribution is 2.44. The molecular formula is C18H15Cl2NO. The quantitative estimate of drug-likeness (QED) is 0.680. The fraction of sp³-hybridized carbons (Fsp3) is 0.222. The number of nitrogens with zero attached hydrogens (tertiary/aromatic N) is 1. The molecule has 1 fully saturated rings. The van der Waals surface area contributed by atoms with E-state index < -0.39 is 0 Å². The SMILES string of the molecule is C=C=C1C[C@H](C(=O)n2cccc2)[C@@H](c2cc(Cl)cc(Cl)c2)C1. The number of carbonyl (C=O) groups is 1. The molecule has 2 aromatic rings. The minimum Gasteiger partial charge on any atom is -0.294 e. The van der Waals surface area contributed by atoms with E-state index in [4.69, 9.17) is 23.2 Å². The first-order chi connectivity index (χ1) is 10.6. The fourth-order valence-corrected chi connectivity index (χ4v) is 3.66. The molecule has 0 N–H and O–H groups in total. The average Bonchev–Trinajstić information content (AvgIpc) is 3.15. The van der Waals surface area contributed by atoms with Crippen molar-refractivity contribution in [3.8, 4) is 0 Å². The molecule has 0 spiro atoms. The number of aromatic nitrogens is 1. The van der Waals surface area contributed by atoms with Crippen molar-refractivity contribution in [3.05, 3.63) is 76.2 Å². The Labute approximate surface area is 139 Å². The second-order valence-corrected chi connectivity index (χ2v) is 6.41. The van der Waals surface area contributed by atoms with Gasteiger partial charge in [-0.05, 0) is 54.3 Å². The molecular weight excluding hydrogens is 317 g/mol. The number of hydrogen-bond acceptors (Lipinski definition) is 1. The molecule has 112 valence electrons. The molecule has 2 nitrogen and oxygen atoms in total. The summed E-state index contributed by atoms with van der Waals surface area (Å²) in [5.41, 5.74) is 5.03. The van der Waals surface area contributed by atoms with Crippen molar-refractivity contribution in [1.82, 2.24) is 4.57 Å². The molecule has 4 heteroatoms. The lowest BCUT2D eigenvalue weighted by molar-refractivity contribution is 0.0827. The molecule has 1 aromatic heterocycles. The maximum atomic E-state index is 12.8.